The van der Waals surface area contributed by atoms with Crippen molar-refractivity contribution in [1.29, 1.82) is 0 Å². The molecule has 0 amide bonds. The van der Waals surface area contributed by atoms with Crippen LogP contribution in [0, 0.1) is 0 Å². The van der Waals surface area contributed by atoms with Gasteiger partial charge in [-0.2, -0.15) is 0 Å². The van der Waals surface area contributed by atoms with Gasteiger partial charge in [0.25, 0.3) is 0 Å². The smallest absolute Gasteiger partial charge is 0.147 e. The first kappa shape index (κ1) is 12.6. The molecular formula is C13H9Cl3O. The van der Waals surface area contributed by atoms with Gasteiger partial charge in [0.05, 0.1) is 5.02 Å². The van der Waals surface area contributed by atoms with Crippen LogP contribution in [0.5, 0.6) is 11.5 Å². The van der Waals surface area contributed by atoms with Crippen molar-refractivity contribution < 1.29 is 4.74 Å². The van der Waals surface area contributed by atoms with Gasteiger partial charge < -0.3 is 4.74 Å². The first-order chi connectivity index (χ1) is 8.19. The maximum absolute atomic E-state index is 6.01. The molecule has 1 nitrogen and oxygen atoms in total. The summed E-state index contributed by atoms with van der Waals surface area (Å²) in [5, 5.41) is 1.10. The van der Waals surface area contributed by atoms with Crippen molar-refractivity contribution in [2.24, 2.45) is 0 Å². The number of alkyl halides is 1. The van der Waals surface area contributed by atoms with E-state index in [1.165, 1.54) is 0 Å². The van der Waals surface area contributed by atoms with Gasteiger partial charge in [0.15, 0.2) is 0 Å². The molecule has 0 fully saturated rings. The predicted octanol–water partition coefficient (Wildman–Crippen LogP) is 5.52. The molecule has 0 N–H and O–H groups in total. The lowest BCUT2D eigenvalue weighted by Crippen LogP contribution is -1.86. The highest BCUT2D eigenvalue weighted by molar-refractivity contribution is 6.34. The summed E-state index contributed by atoms with van der Waals surface area (Å²) < 4.78 is 5.66. The summed E-state index contributed by atoms with van der Waals surface area (Å²) in [6, 6.07) is 12.6. The third-order valence-corrected chi connectivity index (χ3v) is 3.03. The Morgan fingerprint density at radius 2 is 1.82 bits per heavy atom. The van der Waals surface area contributed by atoms with Gasteiger partial charge in [-0.3, -0.25) is 0 Å². The topological polar surface area (TPSA) is 9.23 Å². The zero-order chi connectivity index (χ0) is 12.3. The van der Waals surface area contributed by atoms with Crippen molar-refractivity contribution in [3.63, 3.8) is 0 Å². The summed E-state index contributed by atoms with van der Waals surface area (Å²) in [5.74, 6) is 1.67. The Bertz CT molecular complexity index is 526. The monoisotopic (exact) mass is 286 g/mol. The highest BCUT2D eigenvalue weighted by atomic mass is 35.5. The van der Waals surface area contributed by atoms with E-state index >= 15 is 0 Å². The fraction of sp³-hybridized carbons (Fsp3) is 0.0769. The van der Waals surface area contributed by atoms with Crippen LogP contribution < -0.4 is 4.74 Å². The fourth-order valence-electron chi connectivity index (χ4n) is 1.37. The zero-order valence-corrected chi connectivity index (χ0v) is 11.1. The van der Waals surface area contributed by atoms with E-state index < -0.39 is 0 Å². The normalized spacial score (nSPS) is 10.3. The van der Waals surface area contributed by atoms with Gasteiger partial charge in [0, 0.05) is 17.0 Å². The first-order valence-corrected chi connectivity index (χ1v) is 6.26. The molecule has 0 saturated carbocycles. The van der Waals surface area contributed by atoms with Gasteiger partial charge in [-0.1, -0.05) is 35.3 Å². The molecule has 4 heteroatoms. The second-order valence-electron chi connectivity index (χ2n) is 3.46. The van der Waals surface area contributed by atoms with Crippen LogP contribution in [-0.2, 0) is 5.88 Å². The summed E-state index contributed by atoms with van der Waals surface area (Å²) in [7, 11) is 0. The van der Waals surface area contributed by atoms with Crippen molar-refractivity contribution in [2.45, 2.75) is 5.88 Å². The molecule has 0 heterocycles. The minimum Gasteiger partial charge on any atom is -0.456 e. The first-order valence-electron chi connectivity index (χ1n) is 4.97. The van der Waals surface area contributed by atoms with Crippen molar-refractivity contribution in [1.82, 2.24) is 0 Å². The highest BCUT2D eigenvalue weighted by Gasteiger charge is 2.04. The molecule has 0 bridgehead atoms. The Labute approximate surface area is 115 Å². The molecular weight excluding hydrogens is 279 g/mol. The van der Waals surface area contributed by atoms with Gasteiger partial charge in [-0.05, 0) is 29.8 Å². The van der Waals surface area contributed by atoms with E-state index in [2.05, 4.69) is 0 Å². The number of halogens is 3. The largest absolute Gasteiger partial charge is 0.456 e. The van der Waals surface area contributed by atoms with Crippen LogP contribution in [0.2, 0.25) is 10.0 Å². The van der Waals surface area contributed by atoms with Gasteiger partial charge in [0.1, 0.15) is 11.5 Å². The Morgan fingerprint density at radius 1 is 1.00 bits per heavy atom. The van der Waals surface area contributed by atoms with Crippen molar-refractivity contribution in [3.8, 4) is 11.5 Å². The average Bonchev–Trinajstić information content (AvgIpc) is 2.34. The molecule has 0 aliphatic carbocycles. The van der Waals surface area contributed by atoms with Crippen LogP contribution in [-0.4, -0.2) is 0 Å². The number of rotatable bonds is 3. The quantitative estimate of drug-likeness (QED) is 0.675. The maximum atomic E-state index is 6.01. The molecule has 0 spiro atoms. The van der Waals surface area contributed by atoms with E-state index in [0.717, 1.165) is 5.56 Å². The summed E-state index contributed by atoms with van der Waals surface area (Å²) in [6.07, 6.45) is 0. The van der Waals surface area contributed by atoms with Crippen molar-refractivity contribution in [2.75, 3.05) is 0 Å². The van der Waals surface area contributed by atoms with Crippen molar-refractivity contribution >= 4 is 34.8 Å². The third kappa shape index (κ3) is 3.29. The van der Waals surface area contributed by atoms with Gasteiger partial charge in [0.2, 0.25) is 0 Å². The SMILES string of the molecule is ClCc1cccc(Oc2cc(Cl)ccc2Cl)c1. The van der Waals surface area contributed by atoms with E-state index in [0.29, 0.717) is 27.4 Å². The lowest BCUT2D eigenvalue weighted by molar-refractivity contribution is 0.482. The molecule has 2 aromatic rings. The molecule has 0 atom stereocenters. The lowest BCUT2D eigenvalue weighted by atomic mass is 10.2. The molecule has 0 aromatic heterocycles. The molecule has 0 saturated heterocycles. The van der Waals surface area contributed by atoms with Gasteiger partial charge >= 0.3 is 0 Å². The third-order valence-electron chi connectivity index (χ3n) is 2.17. The fourth-order valence-corrected chi connectivity index (χ4v) is 1.86. The van der Waals surface area contributed by atoms with Crippen LogP contribution >= 0.6 is 34.8 Å². The van der Waals surface area contributed by atoms with Crippen LogP contribution in [0.15, 0.2) is 42.5 Å². The summed E-state index contributed by atoms with van der Waals surface area (Å²) in [6.45, 7) is 0. The predicted molar refractivity (Wildman–Crippen MR) is 72.5 cm³/mol. The minimum absolute atomic E-state index is 0.445. The highest BCUT2D eigenvalue weighted by Crippen LogP contribution is 2.32. The lowest BCUT2D eigenvalue weighted by Gasteiger charge is -2.08. The van der Waals surface area contributed by atoms with E-state index in [-0.39, 0.29) is 0 Å². The van der Waals surface area contributed by atoms with Gasteiger partial charge in [-0.15, -0.1) is 11.6 Å². The van der Waals surface area contributed by atoms with Crippen LogP contribution in [0.25, 0.3) is 0 Å². The number of hydrogen-bond donors (Lipinski definition) is 0. The van der Waals surface area contributed by atoms with E-state index in [1.807, 2.05) is 24.3 Å². The number of benzene rings is 2. The number of ether oxygens (including phenoxy) is 1. The second-order valence-corrected chi connectivity index (χ2v) is 4.57. The Kier molecular flexibility index (Phi) is 4.16. The molecule has 2 rings (SSSR count). The van der Waals surface area contributed by atoms with Crippen LogP contribution in [0.1, 0.15) is 5.56 Å². The summed E-state index contributed by atoms with van der Waals surface area (Å²) in [5.41, 5.74) is 0.988. The summed E-state index contributed by atoms with van der Waals surface area (Å²) >= 11 is 17.6. The van der Waals surface area contributed by atoms with E-state index in [4.69, 9.17) is 39.5 Å². The Hall–Kier alpha value is -0.890. The molecule has 88 valence electrons. The zero-order valence-electron chi connectivity index (χ0n) is 8.79. The maximum Gasteiger partial charge on any atom is 0.147 e. The molecule has 0 aliphatic heterocycles. The van der Waals surface area contributed by atoms with Crippen molar-refractivity contribution in [3.05, 3.63) is 58.1 Å². The standard InChI is InChI=1S/C13H9Cl3O/c14-8-9-2-1-3-11(6-9)17-13-7-10(15)4-5-12(13)16/h1-7H,8H2. The minimum atomic E-state index is 0.445. The molecule has 2 aromatic carbocycles. The summed E-state index contributed by atoms with van der Waals surface area (Å²) in [4.78, 5) is 0. The number of hydrogen-bond acceptors (Lipinski definition) is 1. The second kappa shape index (κ2) is 5.63. The van der Waals surface area contributed by atoms with Crippen LogP contribution in [0.4, 0.5) is 0 Å². The van der Waals surface area contributed by atoms with Crippen LogP contribution in [0.3, 0.4) is 0 Å². The Morgan fingerprint density at radius 3 is 2.59 bits per heavy atom. The molecule has 0 radical (unpaired) electrons. The molecule has 17 heavy (non-hydrogen) atoms. The average molecular weight is 288 g/mol. The molecule has 0 aliphatic rings. The van der Waals surface area contributed by atoms with Gasteiger partial charge in [-0.25, -0.2) is 0 Å². The van der Waals surface area contributed by atoms with E-state index in [1.54, 1.807) is 18.2 Å². The Balaban J connectivity index is 2.27. The molecule has 0 unspecified atom stereocenters. The van der Waals surface area contributed by atoms with E-state index in [9.17, 15) is 0 Å².